The van der Waals surface area contributed by atoms with Crippen molar-refractivity contribution in [1.29, 1.82) is 0 Å². The Balaban J connectivity index is 3.73. The van der Waals surface area contributed by atoms with Crippen LogP contribution in [0.2, 0.25) is 0 Å². The Morgan fingerprint density at radius 1 is 1.14 bits per heavy atom. The van der Waals surface area contributed by atoms with Crippen LogP contribution in [0.3, 0.4) is 0 Å². The van der Waals surface area contributed by atoms with Gasteiger partial charge in [0.1, 0.15) is 13.4 Å². The molecule has 0 heterocycles. The monoisotopic (exact) mass is 280 g/mol. The SMILES string of the molecule is CC(COP([O-])(O)=S)COP([O-])(O)=S. The van der Waals surface area contributed by atoms with Gasteiger partial charge in [0.05, 0.1) is 13.2 Å². The predicted octanol–water partition coefficient (Wildman–Crippen LogP) is -1.19. The average Bonchev–Trinajstić information content (AvgIpc) is 1.94. The predicted molar refractivity (Wildman–Crippen MR) is 54.1 cm³/mol. The molecule has 0 radical (unpaired) electrons. The van der Waals surface area contributed by atoms with Gasteiger partial charge in [-0.1, -0.05) is 30.5 Å². The third-order valence-corrected chi connectivity index (χ3v) is 2.63. The van der Waals surface area contributed by atoms with Crippen molar-refractivity contribution < 1.29 is 28.6 Å². The highest BCUT2D eigenvalue weighted by Crippen LogP contribution is 2.34. The Labute approximate surface area is 92.0 Å². The zero-order valence-corrected chi connectivity index (χ0v) is 10.7. The topological polar surface area (TPSA) is 105 Å². The molecule has 0 aromatic carbocycles. The van der Waals surface area contributed by atoms with E-state index in [2.05, 4.69) is 32.7 Å². The van der Waals surface area contributed by atoms with E-state index in [0.717, 1.165) is 0 Å². The maximum atomic E-state index is 10.5. The van der Waals surface area contributed by atoms with E-state index in [-0.39, 0.29) is 19.1 Å². The van der Waals surface area contributed by atoms with Crippen molar-refractivity contribution in [3.8, 4) is 0 Å². The van der Waals surface area contributed by atoms with Crippen molar-refractivity contribution in [2.24, 2.45) is 5.92 Å². The molecule has 6 nitrogen and oxygen atoms in total. The minimum absolute atomic E-state index is 0.132. The van der Waals surface area contributed by atoms with Gasteiger partial charge in [0.15, 0.2) is 0 Å². The lowest BCUT2D eigenvalue weighted by molar-refractivity contribution is -0.204. The molecule has 0 aromatic heterocycles. The summed E-state index contributed by atoms with van der Waals surface area (Å²) < 4.78 is 8.79. The molecule has 0 aliphatic heterocycles. The molecule has 0 bridgehead atoms. The smallest absolute Gasteiger partial charge is 0.112 e. The normalized spacial score (nSPS) is 22.4. The van der Waals surface area contributed by atoms with E-state index in [1.54, 1.807) is 6.92 Å². The Bertz CT molecular complexity index is 233. The second-order valence-corrected chi connectivity index (χ2v) is 7.79. The van der Waals surface area contributed by atoms with Crippen molar-refractivity contribution in [3.05, 3.63) is 0 Å². The summed E-state index contributed by atoms with van der Waals surface area (Å²) in [6.07, 6.45) is 0. The first-order valence-electron chi connectivity index (χ1n) is 3.47. The van der Waals surface area contributed by atoms with E-state index in [1.807, 2.05) is 0 Å². The lowest BCUT2D eigenvalue weighted by Crippen LogP contribution is -2.15. The van der Waals surface area contributed by atoms with Gasteiger partial charge >= 0.3 is 0 Å². The summed E-state index contributed by atoms with van der Waals surface area (Å²) in [5.41, 5.74) is 0. The zero-order chi connectivity index (χ0) is 11.4. The first-order chi connectivity index (χ1) is 6.10. The zero-order valence-electron chi connectivity index (χ0n) is 7.23. The molecule has 14 heavy (non-hydrogen) atoms. The fourth-order valence-electron chi connectivity index (χ4n) is 0.491. The summed E-state index contributed by atoms with van der Waals surface area (Å²) in [5, 5.41) is 0. The molecule has 0 saturated heterocycles. The van der Waals surface area contributed by atoms with E-state index in [1.165, 1.54) is 0 Å². The summed E-state index contributed by atoms with van der Waals surface area (Å²) in [5.74, 6) is -0.346. The van der Waals surface area contributed by atoms with Gasteiger partial charge in [0.25, 0.3) is 0 Å². The van der Waals surface area contributed by atoms with Crippen LogP contribution in [0.15, 0.2) is 0 Å². The summed E-state index contributed by atoms with van der Waals surface area (Å²) in [6.45, 7) is -6.50. The second-order valence-electron chi connectivity index (χ2n) is 2.63. The third kappa shape index (κ3) is 11.1. The quantitative estimate of drug-likeness (QED) is 0.585. The Kier molecular flexibility index (Phi) is 6.41. The molecular formula is C4H10O6P2S2-2. The largest absolute Gasteiger partial charge is 0.780 e. The molecule has 2 unspecified atom stereocenters. The summed E-state index contributed by atoms with van der Waals surface area (Å²) in [4.78, 5) is 38.2. The van der Waals surface area contributed by atoms with E-state index >= 15 is 0 Å². The van der Waals surface area contributed by atoms with Crippen LogP contribution in [-0.2, 0) is 32.7 Å². The number of hydrogen-bond acceptors (Lipinski definition) is 6. The average molecular weight is 280 g/mol. The molecule has 0 aromatic rings. The maximum Gasteiger partial charge on any atom is 0.112 e. The molecular weight excluding hydrogens is 270 g/mol. The Morgan fingerprint density at radius 2 is 1.43 bits per heavy atom. The molecule has 0 aliphatic carbocycles. The van der Waals surface area contributed by atoms with Gasteiger partial charge in [-0.3, -0.25) is 0 Å². The van der Waals surface area contributed by atoms with Crippen LogP contribution in [0.5, 0.6) is 0 Å². The van der Waals surface area contributed by atoms with Gasteiger partial charge < -0.3 is 28.6 Å². The summed E-state index contributed by atoms with van der Waals surface area (Å²) >= 11 is 8.17. The molecule has 86 valence electrons. The molecule has 0 fully saturated rings. The lowest BCUT2D eigenvalue weighted by atomic mass is 10.2. The Hall–Kier alpha value is 1.06. The van der Waals surface area contributed by atoms with Crippen LogP contribution in [0, 0.1) is 5.92 Å². The van der Waals surface area contributed by atoms with E-state index in [0.29, 0.717) is 0 Å². The van der Waals surface area contributed by atoms with Crippen molar-refractivity contribution in [2.45, 2.75) is 6.92 Å². The minimum atomic E-state index is -3.91. The van der Waals surface area contributed by atoms with Crippen molar-refractivity contribution in [1.82, 2.24) is 0 Å². The van der Waals surface area contributed by atoms with Gasteiger partial charge in [0, 0.05) is 5.92 Å². The number of rotatable bonds is 6. The lowest BCUT2D eigenvalue weighted by Gasteiger charge is -2.25. The highest BCUT2D eigenvalue weighted by Gasteiger charge is 2.07. The highest BCUT2D eigenvalue weighted by atomic mass is 32.5. The summed E-state index contributed by atoms with van der Waals surface area (Å²) in [7, 11) is 0. The first-order valence-corrected chi connectivity index (χ1v) is 8.65. The van der Waals surface area contributed by atoms with Crippen LogP contribution in [0.25, 0.3) is 0 Å². The fraction of sp³-hybridized carbons (Fsp3) is 1.00. The van der Waals surface area contributed by atoms with Crippen molar-refractivity contribution in [2.75, 3.05) is 13.2 Å². The van der Waals surface area contributed by atoms with Crippen LogP contribution >= 0.6 is 13.4 Å². The first kappa shape index (κ1) is 15.1. The second kappa shape index (κ2) is 5.96. The van der Waals surface area contributed by atoms with Gasteiger partial charge in [-0.15, -0.1) is 0 Å². The maximum absolute atomic E-state index is 10.5. The highest BCUT2D eigenvalue weighted by molar-refractivity contribution is 8.06. The number of hydrogen-bond donors (Lipinski definition) is 2. The van der Waals surface area contributed by atoms with Gasteiger partial charge in [-0.2, -0.15) is 0 Å². The van der Waals surface area contributed by atoms with Crippen LogP contribution in [0.1, 0.15) is 6.92 Å². The van der Waals surface area contributed by atoms with Crippen LogP contribution in [-0.4, -0.2) is 23.0 Å². The third-order valence-electron chi connectivity index (χ3n) is 1.04. The van der Waals surface area contributed by atoms with Crippen LogP contribution in [0.4, 0.5) is 0 Å². The van der Waals surface area contributed by atoms with Crippen molar-refractivity contribution >= 4 is 37.1 Å². The van der Waals surface area contributed by atoms with Crippen molar-refractivity contribution in [3.63, 3.8) is 0 Å². The molecule has 10 heteroatoms. The molecule has 0 aliphatic rings. The fourth-order valence-corrected chi connectivity index (χ4v) is 1.74. The Morgan fingerprint density at radius 3 is 1.64 bits per heavy atom. The van der Waals surface area contributed by atoms with Gasteiger partial charge in [-0.05, 0) is 0 Å². The minimum Gasteiger partial charge on any atom is -0.780 e. The molecule has 0 saturated carbocycles. The molecule has 0 rings (SSSR count). The van der Waals surface area contributed by atoms with Crippen LogP contribution < -0.4 is 9.79 Å². The van der Waals surface area contributed by atoms with E-state index in [9.17, 15) is 9.79 Å². The molecule has 2 atom stereocenters. The molecule has 0 spiro atoms. The molecule has 0 amide bonds. The summed E-state index contributed by atoms with van der Waals surface area (Å²) in [6, 6.07) is 0. The van der Waals surface area contributed by atoms with Gasteiger partial charge in [0.2, 0.25) is 0 Å². The van der Waals surface area contributed by atoms with E-state index < -0.39 is 13.4 Å². The van der Waals surface area contributed by atoms with Gasteiger partial charge in [-0.25, -0.2) is 0 Å². The van der Waals surface area contributed by atoms with E-state index in [4.69, 9.17) is 9.79 Å². The standard InChI is InChI=1S/C4H12O6P2S2/c1-4(2-9-11(5,6)13)3-10-12(7,8)14/h4H,2-3H2,1H3,(H2,5,6,13)(H2,7,8,14)/p-2. The molecule has 2 N–H and O–H groups in total.